The van der Waals surface area contributed by atoms with Crippen molar-refractivity contribution in [2.75, 3.05) is 0 Å². The minimum absolute atomic E-state index is 0.0165. The van der Waals surface area contributed by atoms with E-state index in [0.717, 1.165) is 5.56 Å². The van der Waals surface area contributed by atoms with Crippen LogP contribution in [0.3, 0.4) is 0 Å². The lowest BCUT2D eigenvalue weighted by Gasteiger charge is -2.04. The Bertz CT molecular complexity index is 698. The summed E-state index contributed by atoms with van der Waals surface area (Å²) in [6, 6.07) is 20.3. The summed E-state index contributed by atoms with van der Waals surface area (Å²) in [4.78, 5) is 4.17. The summed E-state index contributed by atoms with van der Waals surface area (Å²) in [5.74, 6) is -0.130. The minimum Gasteiger partial charge on any atom is -0.506 e. The van der Waals surface area contributed by atoms with Crippen LogP contribution in [0.1, 0.15) is 11.1 Å². The number of aliphatic imine (C=N–C) groups is 1. The second-order valence-corrected chi connectivity index (χ2v) is 4.39. The van der Waals surface area contributed by atoms with Gasteiger partial charge in [0.15, 0.2) is 0 Å². The van der Waals surface area contributed by atoms with Gasteiger partial charge in [0.25, 0.3) is 0 Å². The standard InChI is InChI=1S/C17H15N3O/c18-11-15(16(21)14-9-5-2-6-10-14)17(19)20-12-13-7-3-1-4-8-13/h1-10,21H,12H2,(H2,19,20)/b16-15-. The van der Waals surface area contributed by atoms with Gasteiger partial charge in [0.05, 0.1) is 6.54 Å². The summed E-state index contributed by atoms with van der Waals surface area (Å²) in [6.45, 7) is 0.361. The first kappa shape index (κ1) is 14.4. The van der Waals surface area contributed by atoms with Crippen molar-refractivity contribution >= 4 is 11.6 Å². The highest BCUT2D eigenvalue weighted by molar-refractivity contribution is 6.06. The highest BCUT2D eigenvalue weighted by Gasteiger charge is 2.11. The van der Waals surface area contributed by atoms with E-state index in [9.17, 15) is 10.4 Å². The first-order chi connectivity index (χ1) is 10.2. The zero-order valence-electron chi connectivity index (χ0n) is 11.4. The summed E-state index contributed by atoms with van der Waals surface area (Å²) in [5.41, 5.74) is 7.33. The van der Waals surface area contributed by atoms with Crippen LogP contribution in [-0.4, -0.2) is 10.9 Å². The molecule has 0 spiro atoms. The summed E-state index contributed by atoms with van der Waals surface area (Å²) >= 11 is 0. The Kier molecular flexibility index (Phi) is 4.73. The number of rotatable bonds is 4. The van der Waals surface area contributed by atoms with Gasteiger partial charge in [-0.3, -0.25) is 4.99 Å². The maximum absolute atomic E-state index is 10.1. The van der Waals surface area contributed by atoms with E-state index >= 15 is 0 Å². The molecule has 2 rings (SSSR count). The van der Waals surface area contributed by atoms with E-state index in [1.165, 1.54) is 0 Å². The van der Waals surface area contributed by atoms with Crippen molar-refractivity contribution in [3.63, 3.8) is 0 Å². The van der Waals surface area contributed by atoms with Crippen molar-refractivity contribution in [3.8, 4) is 6.07 Å². The summed E-state index contributed by atoms with van der Waals surface area (Å²) in [6.07, 6.45) is 0. The van der Waals surface area contributed by atoms with Gasteiger partial charge in [-0.05, 0) is 5.56 Å². The van der Waals surface area contributed by atoms with Gasteiger partial charge in [-0.25, -0.2) is 0 Å². The number of nitriles is 1. The van der Waals surface area contributed by atoms with Crippen LogP contribution in [0.4, 0.5) is 0 Å². The van der Waals surface area contributed by atoms with E-state index in [-0.39, 0.29) is 17.2 Å². The molecule has 0 saturated carbocycles. The Balaban J connectivity index is 2.27. The van der Waals surface area contributed by atoms with Crippen LogP contribution >= 0.6 is 0 Å². The number of aliphatic hydroxyl groups excluding tert-OH is 1. The maximum atomic E-state index is 10.1. The molecule has 0 heterocycles. The Labute approximate surface area is 123 Å². The predicted octanol–water partition coefficient (Wildman–Crippen LogP) is 3.04. The fourth-order valence-electron chi connectivity index (χ4n) is 1.81. The molecular weight excluding hydrogens is 262 g/mol. The number of hydrogen-bond donors (Lipinski definition) is 2. The quantitative estimate of drug-likeness (QED) is 0.390. The van der Waals surface area contributed by atoms with E-state index in [0.29, 0.717) is 12.1 Å². The average molecular weight is 277 g/mol. The zero-order valence-corrected chi connectivity index (χ0v) is 11.4. The molecule has 4 heteroatoms. The van der Waals surface area contributed by atoms with Crippen molar-refractivity contribution in [3.05, 3.63) is 77.4 Å². The van der Waals surface area contributed by atoms with Gasteiger partial charge in [0.2, 0.25) is 0 Å². The third-order valence-electron chi connectivity index (χ3n) is 2.93. The van der Waals surface area contributed by atoms with Crippen molar-refractivity contribution in [2.24, 2.45) is 10.7 Å². The average Bonchev–Trinajstić information content (AvgIpc) is 2.55. The summed E-state index contributed by atoms with van der Waals surface area (Å²) in [5, 5.41) is 19.3. The molecule has 0 aromatic heterocycles. The van der Waals surface area contributed by atoms with E-state index in [4.69, 9.17) is 5.73 Å². The first-order valence-electron chi connectivity index (χ1n) is 6.45. The van der Waals surface area contributed by atoms with Crippen LogP contribution in [0.25, 0.3) is 5.76 Å². The lowest BCUT2D eigenvalue weighted by molar-refractivity contribution is 0.510. The third kappa shape index (κ3) is 3.71. The topological polar surface area (TPSA) is 82.4 Å². The number of nitrogens with two attached hydrogens (primary N) is 1. The van der Waals surface area contributed by atoms with Crippen LogP contribution in [0.2, 0.25) is 0 Å². The molecular formula is C17H15N3O. The fourth-order valence-corrected chi connectivity index (χ4v) is 1.81. The Morgan fingerprint density at radius 2 is 1.62 bits per heavy atom. The molecule has 21 heavy (non-hydrogen) atoms. The van der Waals surface area contributed by atoms with Gasteiger partial charge in [-0.2, -0.15) is 5.26 Å². The molecule has 0 amide bonds. The second-order valence-electron chi connectivity index (χ2n) is 4.39. The van der Waals surface area contributed by atoms with Crippen molar-refractivity contribution in [1.82, 2.24) is 0 Å². The molecule has 0 aliphatic heterocycles. The van der Waals surface area contributed by atoms with E-state index in [1.54, 1.807) is 24.3 Å². The van der Waals surface area contributed by atoms with Crippen molar-refractivity contribution < 1.29 is 5.11 Å². The number of nitrogens with zero attached hydrogens (tertiary/aromatic N) is 2. The monoisotopic (exact) mass is 277 g/mol. The molecule has 2 aromatic rings. The van der Waals surface area contributed by atoms with Gasteiger partial charge in [0.1, 0.15) is 23.2 Å². The number of hydrogen-bond acceptors (Lipinski definition) is 3. The van der Waals surface area contributed by atoms with Gasteiger partial charge in [-0.1, -0.05) is 60.7 Å². The van der Waals surface area contributed by atoms with Crippen LogP contribution in [0, 0.1) is 11.3 Å². The van der Waals surface area contributed by atoms with Gasteiger partial charge in [-0.15, -0.1) is 0 Å². The summed E-state index contributed by atoms with van der Waals surface area (Å²) < 4.78 is 0. The van der Waals surface area contributed by atoms with Crippen LogP contribution < -0.4 is 5.73 Å². The number of aliphatic hydroxyl groups is 1. The van der Waals surface area contributed by atoms with Crippen LogP contribution in [-0.2, 0) is 6.54 Å². The molecule has 104 valence electrons. The Morgan fingerprint density at radius 1 is 1.05 bits per heavy atom. The largest absolute Gasteiger partial charge is 0.506 e. The summed E-state index contributed by atoms with van der Waals surface area (Å²) in [7, 11) is 0. The first-order valence-corrected chi connectivity index (χ1v) is 6.45. The smallest absolute Gasteiger partial charge is 0.144 e. The molecule has 0 radical (unpaired) electrons. The molecule has 3 N–H and O–H groups in total. The molecule has 4 nitrogen and oxygen atoms in total. The maximum Gasteiger partial charge on any atom is 0.144 e. The Morgan fingerprint density at radius 3 is 2.19 bits per heavy atom. The predicted molar refractivity (Wildman–Crippen MR) is 83.4 cm³/mol. The Hall–Kier alpha value is -3.06. The van der Waals surface area contributed by atoms with Gasteiger partial charge >= 0.3 is 0 Å². The highest BCUT2D eigenvalue weighted by atomic mass is 16.3. The molecule has 0 fully saturated rings. The zero-order chi connectivity index (χ0) is 15.1. The molecule has 0 aliphatic rings. The SMILES string of the molecule is N#C/C(C(N)=NCc1ccccc1)=C(/O)c1ccccc1. The van der Waals surface area contributed by atoms with E-state index in [1.807, 2.05) is 42.5 Å². The van der Waals surface area contributed by atoms with Crippen molar-refractivity contribution in [2.45, 2.75) is 6.54 Å². The van der Waals surface area contributed by atoms with Crippen LogP contribution in [0.15, 0.2) is 71.2 Å². The van der Waals surface area contributed by atoms with Gasteiger partial charge < -0.3 is 10.8 Å². The molecule has 0 unspecified atom stereocenters. The van der Waals surface area contributed by atoms with E-state index in [2.05, 4.69) is 4.99 Å². The molecule has 0 atom stereocenters. The lowest BCUT2D eigenvalue weighted by Crippen LogP contribution is -2.16. The lowest BCUT2D eigenvalue weighted by atomic mass is 10.1. The number of benzene rings is 2. The fraction of sp³-hybridized carbons (Fsp3) is 0.0588. The number of amidine groups is 1. The highest BCUT2D eigenvalue weighted by Crippen LogP contribution is 2.15. The molecule has 0 bridgehead atoms. The molecule has 2 aromatic carbocycles. The van der Waals surface area contributed by atoms with Crippen molar-refractivity contribution in [1.29, 1.82) is 5.26 Å². The van der Waals surface area contributed by atoms with Crippen LogP contribution in [0.5, 0.6) is 0 Å². The molecule has 0 aliphatic carbocycles. The third-order valence-corrected chi connectivity index (χ3v) is 2.93. The second kappa shape index (κ2) is 6.92. The van der Waals surface area contributed by atoms with E-state index < -0.39 is 0 Å². The van der Waals surface area contributed by atoms with Gasteiger partial charge in [0, 0.05) is 5.56 Å². The minimum atomic E-state index is -0.160. The molecule has 0 saturated heterocycles. The normalized spacial score (nSPS) is 12.4.